The molecule has 0 aliphatic heterocycles. The highest BCUT2D eigenvalue weighted by atomic mass is 79.9. The number of hydrogen-bond acceptors (Lipinski definition) is 6. The lowest BCUT2D eigenvalue weighted by Gasteiger charge is -2.07. The fourth-order valence-electron chi connectivity index (χ4n) is 3.41. The maximum atomic E-state index is 12.9. The SMILES string of the molecule is C=C(Br)C(=O)Nc1n[nH]c(C(=O)Nc2c[nH]c(C(=O)Nc3c[nH]c(C(=O)NCCC(=N)N)c3C)c2C)c1C. The fourth-order valence-corrected chi connectivity index (χ4v) is 3.51. The van der Waals surface area contributed by atoms with Crippen LogP contribution in [0, 0.1) is 26.2 Å². The number of halogens is 1. The van der Waals surface area contributed by atoms with E-state index in [9.17, 15) is 19.2 Å². The van der Waals surface area contributed by atoms with Gasteiger partial charge >= 0.3 is 0 Å². The lowest BCUT2D eigenvalue weighted by atomic mass is 10.2. The van der Waals surface area contributed by atoms with Crippen LogP contribution >= 0.6 is 15.9 Å². The summed E-state index contributed by atoms with van der Waals surface area (Å²) >= 11 is 2.98. The number of aromatic amines is 3. The Morgan fingerprint density at radius 1 is 0.921 bits per heavy atom. The minimum Gasteiger partial charge on any atom is -0.388 e. The standard InChI is InChI=1S/C23H27BrN10O4/c1-9-13(7-28-16(9)21(36)27-6-5-15(25)26)30-22(37)17-10(2)14(8-29-17)31-23(38)18-11(3)19(34-33-18)32-20(35)12(4)24/h7-8,28-29H,4-6H2,1-3H3,(H3,25,26)(H,27,36)(H,30,37)(H,31,38)(H2,32,33,34,35). The van der Waals surface area contributed by atoms with Crippen molar-refractivity contribution in [3.8, 4) is 0 Å². The molecule has 3 aromatic rings. The van der Waals surface area contributed by atoms with Crippen LogP contribution < -0.4 is 27.0 Å². The molecule has 200 valence electrons. The van der Waals surface area contributed by atoms with E-state index in [2.05, 4.69) is 63.9 Å². The Morgan fingerprint density at radius 3 is 1.97 bits per heavy atom. The molecule has 0 aliphatic rings. The molecule has 4 amide bonds. The van der Waals surface area contributed by atoms with Gasteiger partial charge in [-0.25, -0.2) is 0 Å². The van der Waals surface area contributed by atoms with Crippen LogP contribution in [0.3, 0.4) is 0 Å². The van der Waals surface area contributed by atoms with E-state index in [-0.39, 0.29) is 52.1 Å². The van der Waals surface area contributed by atoms with Crippen LogP contribution in [0.15, 0.2) is 23.5 Å². The lowest BCUT2D eigenvalue weighted by Crippen LogP contribution is -2.28. The monoisotopic (exact) mass is 586 g/mol. The molecule has 3 heterocycles. The van der Waals surface area contributed by atoms with Crippen molar-refractivity contribution in [3.05, 3.63) is 57.2 Å². The summed E-state index contributed by atoms with van der Waals surface area (Å²) in [5, 5.41) is 24.4. The third-order valence-corrected chi connectivity index (χ3v) is 5.99. The van der Waals surface area contributed by atoms with Gasteiger partial charge in [-0.15, -0.1) is 0 Å². The van der Waals surface area contributed by atoms with E-state index in [0.717, 1.165) is 0 Å². The van der Waals surface area contributed by atoms with E-state index in [0.29, 0.717) is 28.1 Å². The smallest absolute Gasteiger partial charge is 0.274 e. The van der Waals surface area contributed by atoms with Gasteiger partial charge < -0.3 is 37.0 Å². The van der Waals surface area contributed by atoms with Crippen molar-refractivity contribution in [2.45, 2.75) is 27.2 Å². The van der Waals surface area contributed by atoms with E-state index in [4.69, 9.17) is 11.1 Å². The quantitative estimate of drug-likeness (QED) is 0.0982. The third-order valence-electron chi connectivity index (χ3n) is 5.63. The minimum absolute atomic E-state index is 0.0341. The molecule has 0 aromatic carbocycles. The molecule has 0 unspecified atom stereocenters. The average Bonchev–Trinajstić information content (AvgIpc) is 3.51. The Hall–Kier alpha value is -4.66. The first-order valence-corrected chi connectivity index (χ1v) is 12.0. The predicted octanol–water partition coefficient (Wildman–Crippen LogP) is 2.40. The summed E-state index contributed by atoms with van der Waals surface area (Å²) in [4.78, 5) is 55.6. The number of amidine groups is 1. The maximum absolute atomic E-state index is 12.9. The van der Waals surface area contributed by atoms with Gasteiger partial charge in [0, 0.05) is 42.0 Å². The number of nitrogens with one attached hydrogen (secondary N) is 8. The number of H-pyrrole nitrogens is 3. The number of nitrogens with two attached hydrogens (primary N) is 1. The molecule has 0 fully saturated rings. The molecule has 3 rings (SSSR count). The summed E-state index contributed by atoms with van der Waals surface area (Å²) in [5.41, 5.74) is 8.09. The minimum atomic E-state index is -0.524. The van der Waals surface area contributed by atoms with Gasteiger partial charge in [0.25, 0.3) is 23.6 Å². The molecule has 38 heavy (non-hydrogen) atoms. The largest absolute Gasteiger partial charge is 0.388 e. The van der Waals surface area contributed by atoms with Crippen molar-refractivity contribution >= 4 is 62.6 Å². The highest BCUT2D eigenvalue weighted by Crippen LogP contribution is 2.24. The van der Waals surface area contributed by atoms with Crippen molar-refractivity contribution in [3.63, 3.8) is 0 Å². The van der Waals surface area contributed by atoms with E-state index in [1.165, 1.54) is 12.4 Å². The molecular formula is C23H27BrN10O4. The van der Waals surface area contributed by atoms with Crippen molar-refractivity contribution in [2.24, 2.45) is 5.73 Å². The highest BCUT2D eigenvalue weighted by molar-refractivity contribution is 9.12. The Bertz CT molecular complexity index is 1450. The number of rotatable bonds is 10. The molecule has 0 saturated carbocycles. The van der Waals surface area contributed by atoms with Crippen molar-refractivity contribution in [1.29, 1.82) is 5.41 Å². The Morgan fingerprint density at radius 2 is 1.45 bits per heavy atom. The zero-order chi connectivity index (χ0) is 28.1. The second kappa shape index (κ2) is 11.6. The number of carbonyl (C=O) groups is 4. The van der Waals surface area contributed by atoms with Crippen LogP contribution in [-0.2, 0) is 4.79 Å². The van der Waals surface area contributed by atoms with Gasteiger partial charge in [-0.05, 0) is 36.7 Å². The first-order valence-electron chi connectivity index (χ1n) is 11.2. The summed E-state index contributed by atoms with van der Waals surface area (Å²) in [5.74, 6) is -1.74. The average molecular weight is 587 g/mol. The number of anilines is 3. The lowest BCUT2D eigenvalue weighted by molar-refractivity contribution is -0.112. The molecule has 14 nitrogen and oxygen atoms in total. The molecule has 10 N–H and O–H groups in total. The second-order valence-corrected chi connectivity index (χ2v) is 9.23. The first-order chi connectivity index (χ1) is 17.9. The summed E-state index contributed by atoms with van der Waals surface area (Å²) < 4.78 is 0.110. The molecule has 0 saturated heterocycles. The summed E-state index contributed by atoms with van der Waals surface area (Å²) in [6.07, 6.45) is 3.20. The summed E-state index contributed by atoms with van der Waals surface area (Å²) in [6, 6.07) is 0. The van der Waals surface area contributed by atoms with Crippen LogP contribution in [0.2, 0.25) is 0 Å². The molecule has 0 radical (unpaired) electrons. The predicted molar refractivity (Wildman–Crippen MR) is 146 cm³/mol. The molecule has 0 aliphatic carbocycles. The highest BCUT2D eigenvalue weighted by Gasteiger charge is 2.22. The Labute approximate surface area is 225 Å². The van der Waals surface area contributed by atoms with Crippen molar-refractivity contribution in [1.82, 2.24) is 25.5 Å². The van der Waals surface area contributed by atoms with Crippen LogP contribution in [0.25, 0.3) is 0 Å². The molecule has 3 aromatic heterocycles. The zero-order valence-corrected chi connectivity index (χ0v) is 22.4. The molecular weight excluding hydrogens is 560 g/mol. The number of carbonyl (C=O) groups excluding carboxylic acids is 4. The van der Waals surface area contributed by atoms with Crippen LogP contribution in [0.5, 0.6) is 0 Å². The number of aromatic nitrogens is 4. The fraction of sp³-hybridized carbons (Fsp3) is 0.217. The zero-order valence-electron chi connectivity index (χ0n) is 20.8. The molecule has 0 bridgehead atoms. The van der Waals surface area contributed by atoms with Crippen LogP contribution in [0.4, 0.5) is 17.2 Å². The topological polar surface area (TPSA) is 227 Å². The van der Waals surface area contributed by atoms with Crippen molar-refractivity contribution < 1.29 is 19.2 Å². The van der Waals surface area contributed by atoms with Crippen LogP contribution in [-0.4, -0.2) is 56.2 Å². The summed E-state index contributed by atoms with van der Waals surface area (Å²) in [6.45, 7) is 8.65. The van der Waals surface area contributed by atoms with Gasteiger partial charge in [0.05, 0.1) is 21.7 Å². The Balaban J connectivity index is 1.67. The Kier molecular flexibility index (Phi) is 8.52. The van der Waals surface area contributed by atoms with E-state index >= 15 is 0 Å². The maximum Gasteiger partial charge on any atom is 0.274 e. The van der Waals surface area contributed by atoms with Crippen LogP contribution in [0.1, 0.15) is 54.6 Å². The van der Waals surface area contributed by atoms with Gasteiger partial charge in [-0.2, -0.15) is 5.10 Å². The molecule has 15 heteroatoms. The van der Waals surface area contributed by atoms with Gasteiger partial charge in [-0.3, -0.25) is 29.7 Å². The van der Waals surface area contributed by atoms with E-state index < -0.39 is 17.7 Å². The van der Waals surface area contributed by atoms with Gasteiger partial charge in [0.15, 0.2) is 5.82 Å². The van der Waals surface area contributed by atoms with Gasteiger partial charge in [0.1, 0.15) is 17.1 Å². The van der Waals surface area contributed by atoms with Gasteiger partial charge in [0.2, 0.25) is 0 Å². The van der Waals surface area contributed by atoms with E-state index in [1.54, 1.807) is 20.8 Å². The number of nitrogens with zero attached hydrogens (tertiary/aromatic N) is 1. The second-order valence-electron chi connectivity index (χ2n) is 8.28. The number of hydrogen-bond donors (Lipinski definition) is 9. The molecule has 0 atom stereocenters. The van der Waals surface area contributed by atoms with Crippen molar-refractivity contribution in [2.75, 3.05) is 22.5 Å². The normalized spacial score (nSPS) is 10.5. The number of amides is 4. The summed E-state index contributed by atoms with van der Waals surface area (Å²) in [7, 11) is 0. The van der Waals surface area contributed by atoms with E-state index in [1.807, 2.05) is 0 Å². The van der Waals surface area contributed by atoms with Gasteiger partial charge in [-0.1, -0.05) is 6.58 Å². The first kappa shape index (κ1) is 27.9. The molecule has 0 spiro atoms. The third kappa shape index (κ3) is 6.18.